The van der Waals surface area contributed by atoms with E-state index in [2.05, 4.69) is 15.9 Å². The lowest BCUT2D eigenvalue weighted by Crippen LogP contribution is -2.05. The molecule has 0 aliphatic heterocycles. The first-order chi connectivity index (χ1) is 8.97. The van der Waals surface area contributed by atoms with Gasteiger partial charge in [-0.3, -0.25) is 4.79 Å². The highest BCUT2D eigenvalue weighted by Crippen LogP contribution is 2.24. The molecule has 0 unspecified atom stereocenters. The van der Waals surface area contributed by atoms with Crippen molar-refractivity contribution in [2.24, 2.45) is 0 Å². The molecule has 0 aromatic heterocycles. The summed E-state index contributed by atoms with van der Waals surface area (Å²) in [5.74, 6) is -0.681. The van der Waals surface area contributed by atoms with Gasteiger partial charge in [-0.05, 0) is 42.0 Å². The third-order valence-electron chi connectivity index (χ3n) is 2.59. The summed E-state index contributed by atoms with van der Waals surface area (Å²) < 4.78 is 13.7. The van der Waals surface area contributed by atoms with Crippen LogP contribution in [0.5, 0.6) is 0 Å². The third kappa shape index (κ3) is 3.56. The average molecular weight is 362 g/mol. The van der Waals surface area contributed by atoms with E-state index in [-0.39, 0.29) is 17.8 Å². The molecule has 98 valence electrons. The normalized spacial score (nSPS) is 10.5. The Kier molecular flexibility index (Phi) is 4.61. The highest BCUT2D eigenvalue weighted by molar-refractivity contribution is 9.10. The van der Waals surface area contributed by atoms with E-state index in [0.29, 0.717) is 20.1 Å². The SMILES string of the molecule is O=C(Cc1cc(Cl)ccc1Cl)c1cc(F)ccc1Br. The predicted molar refractivity (Wildman–Crippen MR) is 78.6 cm³/mol. The molecule has 0 bridgehead atoms. The molecule has 2 aromatic carbocycles. The van der Waals surface area contributed by atoms with Gasteiger partial charge in [0.1, 0.15) is 5.82 Å². The lowest BCUT2D eigenvalue weighted by molar-refractivity contribution is 0.0992. The molecular weight excluding hydrogens is 354 g/mol. The fraction of sp³-hybridized carbons (Fsp3) is 0.0714. The van der Waals surface area contributed by atoms with Gasteiger partial charge in [0, 0.05) is 26.5 Å². The van der Waals surface area contributed by atoms with Gasteiger partial charge in [-0.2, -0.15) is 0 Å². The number of halogens is 4. The average Bonchev–Trinajstić information content (AvgIpc) is 2.36. The van der Waals surface area contributed by atoms with Crippen molar-refractivity contribution in [3.8, 4) is 0 Å². The molecular formula is C14H8BrCl2FO. The van der Waals surface area contributed by atoms with E-state index in [4.69, 9.17) is 23.2 Å². The maximum Gasteiger partial charge on any atom is 0.168 e. The van der Waals surface area contributed by atoms with Crippen LogP contribution in [0.4, 0.5) is 4.39 Å². The first kappa shape index (κ1) is 14.5. The van der Waals surface area contributed by atoms with Crippen LogP contribution in [0.15, 0.2) is 40.9 Å². The Morgan fingerprint density at radius 3 is 2.63 bits per heavy atom. The van der Waals surface area contributed by atoms with Gasteiger partial charge in [-0.15, -0.1) is 0 Å². The Morgan fingerprint density at radius 1 is 1.16 bits per heavy atom. The topological polar surface area (TPSA) is 17.1 Å². The maximum absolute atomic E-state index is 13.2. The van der Waals surface area contributed by atoms with Gasteiger partial charge in [0.2, 0.25) is 0 Å². The number of carbonyl (C=O) groups excluding carboxylic acids is 1. The first-order valence-corrected chi connectivity index (χ1v) is 6.94. The molecule has 0 spiro atoms. The van der Waals surface area contributed by atoms with Gasteiger partial charge in [0.25, 0.3) is 0 Å². The van der Waals surface area contributed by atoms with Crippen molar-refractivity contribution in [3.05, 3.63) is 67.9 Å². The van der Waals surface area contributed by atoms with Crippen LogP contribution in [0.1, 0.15) is 15.9 Å². The van der Waals surface area contributed by atoms with E-state index in [1.54, 1.807) is 18.2 Å². The summed E-state index contributed by atoms with van der Waals surface area (Å²) in [6.45, 7) is 0. The molecule has 0 saturated carbocycles. The van der Waals surface area contributed by atoms with E-state index in [1.807, 2.05) is 0 Å². The predicted octanol–water partition coefficient (Wildman–Crippen LogP) is 5.32. The van der Waals surface area contributed by atoms with Gasteiger partial charge in [0.15, 0.2) is 5.78 Å². The lowest BCUT2D eigenvalue weighted by atomic mass is 10.0. The van der Waals surface area contributed by atoms with Crippen molar-refractivity contribution >= 4 is 44.9 Å². The van der Waals surface area contributed by atoms with Gasteiger partial charge in [0.05, 0.1) is 0 Å². The molecule has 1 nitrogen and oxygen atoms in total. The zero-order chi connectivity index (χ0) is 14.0. The second-order valence-electron chi connectivity index (χ2n) is 3.96. The molecule has 5 heteroatoms. The van der Waals surface area contributed by atoms with E-state index >= 15 is 0 Å². The summed E-state index contributed by atoms with van der Waals surface area (Å²) in [7, 11) is 0. The number of rotatable bonds is 3. The van der Waals surface area contributed by atoms with E-state index in [0.717, 1.165) is 0 Å². The molecule has 0 aliphatic rings. The van der Waals surface area contributed by atoms with Crippen LogP contribution in [-0.2, 0) is 6.42 Å². The summed E-state index contributed by atoms with van der Waals surface area (Å²) in [4.78, 5) is 12.2. The standard InChI is InChI=1S/C14H8BrCl2FO/c15-12-3-2-10(18)7-11(12)14(19)6-8-5-9(16)1-4-13(8)17/h1-5,7H,6H2. The van der Waals surface area contributed by atoms with Crippen molar-refractivity contribution in [2.45, 2.75) is 6.42 Å². The minimum absolute atomic E-state index is 0.0709. The molecule has 0 saturated heterocycles. The summed E-state index contributed by atoms with van der Waals surface area (Å²) in [6, 6.07) is 8.90. The second-order valence-corrected chi connectivity index (χ2v) is 5.66. The van der Waals surface area contributed by atoms with Gasteiger partial charge >= 0.3 is 0 Å². The molecule has 0 amide bonds. The zero-order valence-corrected chi connectivity index (χ0v) is 12.7. The number of ketones is 1. The Morgan fingerprint density at radius 2 is 1.89 bits per heavy atom. The Hall–Kier alpha value is -0.900. The number of benzene rings is 2. The molecule has 0 N–H and O–H groups in total. The second kappa shape index (κ2) is 6.04. The summed E-state index contributed by atoms with van der Waals surface area (Å²) >= 11 is 15.1. The van der Waals surface area contributed by atoms with E-state index < -0.39 is 5.82 Å². The summed E-state index contributed by atoms with van der Waals surface area (Å²) in [5, 5.41) is 0.968. The minimum Gasteiger partial charge on any atom is -0.294 e. The Labute approximate surface area is 128 Å². The number of hydrogen-bond donors (Lipinski definition) is 0. The maximum atomic E-state index is 13.2. The summed E-state index contributed by atoms with van der Waals surface area (Å²) in [6.07, 6.45) is 0.0709. The van der Waals surface area contributed by atoms with Crippen LogP contribution < -0.4 is 0 Å². The van der Waals surface area contributed by atoms with Crippen molar-refractivity contribution in [1.29, 1.82) is 0 Å². The largest absolute Gasteiger partial charge is 0.294 e. The van der Waals surface area contributed by atoms with Crippen molar-refractivity contribution in [1.82, 2.24) is 0 Å². The number of Topliss-reactive ketones (excluding diaryl/α,β-unsaturated/α-hetero) is 1. The van der Waals surface area contributed by atoms with Gasteiger partial charge in [-0.1, -0.05) is 39.1 Å². The molecule has 0 heterocycles. The molecule has 19 heavy (non-hydrogen) atoms. The molecule has 2 aromatic rings. The van der Waals surface area contributed by atoms with Crippen LogP contribution in [-0.4, -0.2) is 5.78 Å². The molecule has 2 rings (SSSR count). The smallest absolute Gasteiger partial charge is 0.168 e. The monoisotopic (exact) mass is 360 g/mol. The van der Waals surface area contributed by atoms with E-state index in [9.17, 15) is 9.18 Å². The molecule has 0 atom stereocenters. The highest BCUT2D eigenvalue weighted by atomic mass is 79.9. The number of hydrogen-bond acceptors (Lipinski definition) is 1. The van der Waals surface area contributed by atoms with Crippen LogP contribution in [0.2, 0.25) is 10.0 Å². The van der Waals surface area contributed by atoms with Gasteiger partial charge in [-0.25, -0.2) is 4.39 Å². The quantitative estimate of drug-likeness (QED) is 0.676. The molecule has 0 radical (unpaired) electrons. The molecule has 0 fully saturated rings. The first-order valence-electron chi connectivity index (χ1n) is 5.39. The van der Waals surface area contributed by atoms with Gasteiger partial charge < -0.3 is 0 Å². The Balaban J connectivity index is 2.30. The van der Waals surface area contributed by atoms with Crippen LogP contribution in [0, 0.1) is 5.82 Å². The van der Waals surface area contributed by atoms with E-state index in [1.165, 1.54) is 18.2 Å². The van der Waals surface area contributed by atoms with Crippen LogP contribution >= 0.6 is 39.1 Å². The fourth-order valence-electron chi connectivity index (χ4n) is 1.66. The lowest BCUT2D eigenvalue weighted by Gasteiger charge is -2.06. The van der Waals surface area contributed by atoms with Crippen LogP contribution in [0.3, 0.4) is 0 Å². The van der Waals surface area contributed by atoms with Crippen LogP contribution in [0.25, 0.3) is 0 Å². The highest BCUT2D eigenvalue weighted by Gasteiger charge is 2.14. The number of carbonyl (C=O) groups is 1. The minimum atomic E-state index is -0.455. The fourth-order valence-corrected chi connectivity index (χ4v) is 2.50. The Bertz CT molecular complexity index is 643. The van der Waals surface area contributed by atoms with Crippen molar-refractivity contribution in [2.75, 3.05) is 0 Å². The zero-order valence-electron chi connectivity index (χ0n) is 9.59. The van der Waals surface area contributed by atoms with Crippen molar-refractivity contribution < 1.29 is 9.18 Å². The van der Waals surface area contributed by atoms with Crippen molar-refractivity contribution in [3.63, 3.8) is 0 Å². The third-order valence-corrected chi connectivity index (χ3v) is 3.88. The molecule has 0 aliphatic carbocycles. The summed E-state index contributed by atoms with van der Waals surface area (Å²) in [5.41, 5.74) is 0.909.